The van der Waals surface area contributed by atoms with Crippen LogP contribution in [-0.2, 0) is 0 Å². The number of nitriles is 1. The van der Waals surface area contributed by atoms with E-state index in [9.17, 15) is 0 Å². The minimum Gasteiger partial charge on any atom is -0.370 e. The predicted octanol–water partition coefficient (Wildman–Crippen LogP) is 2.58. The molecule has 0 aromatic carbocycles. The summed E-state index contributed by atoms with van der Waals surface area (Å²) >= 11 is 0. The van der Waals surface area contributed by atoms with Crippen LogP contribution >= 0.6 is 0 Å². The van der Waals surface area contributed by atoms with Gasteiger partial charge in [0, 0.05) is 13.1 Å². The molecule has 0 amide bonds. The maximum Gasteiger partial charge on any atom is 0.140 e. The molecule has 0 saturated heterocycles. The molecule has 1 aliphatic rings. The normalized spacial score (nSPS) is 14.5. The van der Waals surface area contributed by atoms with E-state index in [1.54, 1.807) is 6.07 Å². The standard InChI is InChI=1S/C13H17N3/c1-2-7-16(10-11-3-4-11)13-6-5-12(8-14)15-9-13/h5-6,9,11H,2-4,7,10H2,1H3. The molecule has 1 heterocycles. The first kappa shape index (κ1) is 10.9. The minimum absolute atomic E-state index is 0.492. The van der Waals surface area contributed by atoms with E-state index < -0.39 is 0 Å². The second-order valence-corrected chi connectivity index (χ2v) is 4.40. The third kappa shape index (κ3) is 2.73. The molecule has 0 bridgehead atoms. The van der Waals surface area contributed by atoms with E-state index in [-0.39, 0.29) is 0 Å². The van der Waals surface area contributed by atoms with Gasteiger partial charge in [-0.1, -0.05) is 6.92 Å². The average Bonchev–Trinajstić information content (AvgIpc) is 3.13. The van der Waals surface area contributed by atoms with Crippen molar-refractivity contribution in [3.8, 4) is 6.07 Å². The van der Waals surface area contributed by atoms with Gasteiger partial charge in [-0.15, -0.1) is 0 Å². The third-order valence-corrected chi connectivity index (χ3v) is 2.90. The summed E-state index contributed by atoms with van der Waals surface area (Å²) in [7, 11) is 0. The maximum atomic E-state index is 8.70. The van der Waals surface area contributed by atoms with Crippen LogP contribution in [0.3, 0.4) is 0 Å². The highest BCUT2D eigenvalue weighted by Gasteiger charge is 2.24. The molecule has 0 radical (unpaired) electrons. The van der Waals surface area contributed by atoms with Crippen LogP contribution in [0, 0.1) is 17.2 Å². The molecule has 1 saturated carbocycles. The quantitative estimate of drug-likeness (QED) is 0.758. The predicted molar refractivity (Wildman–Crippen MR) is 64.2 cm³/mol. The summed E-state index contributed by atoms with van der Waals surface area (Å²) in [6.45, 7) is 4.41. The topological polar surface area (TPSA) is 39.9 Å². The van der Waals surface area contributed by atoms with Gasteiger partial charge in [0.2, 0.25) is 0 Å². The Morgan fingerprint density at radius 3 is 2.81 bits per heavy atom. The van der Waals surface area contributed by atoms with Crippen LogP contribution in [0.25, 0.3) is 0 Å². The van der Waals surface area contributed by atoms with Crippen molar-refractivity contribution in [2.75, 3.05) is 18.0 Å². The van der Waals surface area contributed by atoms with E-state index in [2.05, 4.69) is 16.8 Å². The molecule has 1 aliphatic carbocycles. The van der Waals surface area contributed by atoms with Gasteiger partial charge >= 0.3 is 0 Å². The Balaban J connectivity index is 2.07. The highest BCUT2D eigenvalue weighted by Crippen LogP contribution is 2.31. The number of nitrogens with zero attached hydrogens (tertiary/aromatic N) is 3. The first-order valence-corrected chi connectivity index (χ1v) is 5.94. The van der Waals surface area contributed by atoms with Gasteiger partial charge in [-0.05, 0) is 37.3 Å². The van der Waals surface area contributed by atoms with Crippen LogP contribution in [-0.4, -0.2) is 18.1 Å². The summed E-state index contributed by atoms with van der Waals surface area (Å²) in [4.78, 5) is 6.51. The van der Waals surface area contributed by atoms with Crippen molar-refractivity contribution in [3.63, 3.8) is 0 Å². The van der Waals surface area contributed by atoms with Crippen molar-refractivity contribution in [2.24, 2.45) is 5.92 Å². The summed E-state index contributed by atoms with van der Waals surface area (Å²) in [6.07, 6.45) is 5.69. The Labute approximate surface area is 96.7 Å². The van der Waals surface area contributed by atoms with Gasteiger partial charge in [-0.25, -0.2) is 4.98 Å². The van der Waals surface area contributed by atoms with Crippen LogP contribution in [0.5, 0.6) is 0 Å². The third-order valence-electron chi connectivity index (χ3n) is 2.90. The number of rotatable bonds is 5. The molecule has 3 heteroatoms. The second-order valence-electron chi connectivity index (χ2n) is 4.40. The molecule has 1 fully saturated rings. The van der Waals surface area contributed by atoms with Crippen molar-refractivity contribution >= 4 is 5.69 Å². The van der Waals surface area contributed by atoms with Gasteiger partial charge in [-0.2, -0.15) is 5.26 Å². The van der Waals surface area contributed by atoms with E-state index in [1.165, 1.54) is 12.8 Å². The molecule has 3 nitrogen and oxygen atoms in total. The van der Waals surface area contributed by atoms with Gasteiger partial charge in [0.05, 0.1) is 11.9 Å². The minimum atomic E-state index is 0.492. The Morgan fingerprint density at radius 1 is 1.50 bits per heavy atom. The van der Waals surface area contributed by atoms with Crippen LogP contribution in [0.1, 0.15) is 31.9 Å². The highest BCUT2D eigenvalue weighted by atomic mass is 15.1. The first-order chi connectivity index (χ1) is 7.83. The zero-order valence-electron chi connectivity index (χ0n) is 9.69. The van der Waals surface area contributed by atoms with Crippen molar-refractivity contribution in [1.29, 1.82) is 5.26 Å². The molecule has 0 atom stereocenters. The number of hydrogen-bond donors (Lipinski definition) is 0. The van der Waals surface area contributed by atoms with Crippen LogP contribution in [0.2, 0.25) is 0 Å². The SMILES string of the molecule is CCCN(CC1CC1)c1ccc(C#N)nc1. The second kappa shape index (κ2) is 4.98. The molecule has 1 aromatic rings. The summed E-state index contributed by atoms with van der Waals surface area (Å²) in [5.41, 5.74) is 1.64. The number of hydrogen-bond acceptors (Lipinski definition) is 3. The average molecular weight is 215 g/mol. The zero-order valence-corrected chi connectivity index (χ0v) is 9.69. The molecule has 0 spiro atoms. The molecule has 1 aromatic heterocycles. The number of anilines is 1. The molecule has 0 aliphatic heterocycles. The van der Waals surface area contributed by atoms with Gasteiger partial charge in [0.25, 0.3) is 0 Å². The first-order valence-electron chi connectivity index (χ1n) is 5.94. The van der Waals surface area contributed by atoms with Crippen LogP contribution in [0.15, 0.2) is 18.3 Å². The van der Waals surface area contributed by atoms with Crippen molar-refractivity contribution in [3.05, 3.63) is 24.0 Å². The van der Waals surface area contributed by atoms with Gasteiger partial charge in [0.1, 0.15) is 11.8 Å². The van der Waals surface area contributed by atoms with E-state index in [1.807, 2.05) is 18.3 Å². The molecule has 16 heavy (non-hydrogen) atoms. The number of pyridine rings is 1. The summed E-state index contributed by atoms with van der Waals surface area (Å²) in [5, 5.41) is 8.70. The van der Waals surface area contributed by atoms with E-state index in [0.29, 0.717) is 5.69 Å². The van der Waals surface area contributed by atoms with E-state index >= 15 is 0 Å². The summed E-state index contributed by atoms with van der Waals surface area (Å²) < 4.78 is 0. The molecule has 0 N–H and O–H groups in total. The number of aromatic nitrogens is 1. The smallest absolute Gasteiger partial charge is 0.140 e. The highest BCUT2D eigenvalue weighted by molar-refractivity contribution is 5.46. The van der Waals surface area contributed by atoms with Crippen LogP contribution < -0.4 is 4.90 Å². The zero-order chi connectivity index (χ0) is 11.4. The Hall–Kier alpha value is -1.56. The Morgan fingerprint density at radius 2 is 2.31 bits per heavy atom. The fourth-order valence-corrected chi connectivity index (χ4v) is 1.85. The van der Waals surface area contributed by atoms with Crippen molar-refractivity contribution in [1.82, 2.24) is 4.98 Å². The fraction of sp³-hybridized carbons (Fsp3) is 0.538. The van der Waals surface area contributed by atoms with Gasteiger partial charge < -0.3 is 4.90 Å². The Kier molecular flexibility index (Phi) is 3.40. The van der Waals surface area contributed by atoms with Gasteiger partial charge in [-0.3, -0.25) is 0 Å². The summed E-state index contributed by atoms with van der Waals surface area (Å²) in [5.74, 6) is 0.877. The van der Waals surface area contributed by atoms with Gasteiger partial charge in [0.15, 0.2) is 0 Å². The largest absolute Gasteiger partial charge is 0.370 e. The lowest BCUT2D eigenvalue weighted by Crippen LogP contribution is -2.26. The van der Waals surface area contributed by atoms with E-state index in [0.717, 1.165) is 31.1 Å². The van der Waals surface area contributed by atoms with Crippen molar-refractivity contribution < 1.29 is 0 Å². The lowest BCUT2D eigenvalue weighted by Gasteiger charge is -2.23. The molecule has 84 valence electrons. The molecule has 2 rings (SSSR count). The lowest BCUT2D eigenvalue weighted by molar-refractivity contribution is 0.707. The summed E-state index contributed by atoms with van der Waals surface area (Å²) in [6, 6.07) is 5.85. The Bertz CT molecular complexity index is 373. The van der Waals surface area contributed by atoms with Crippen LogP contribution in [0.4, 0.5) is 5.69 Å². The molecule has 0 unspecified atom stereocenters. The monoisotopic (exact) mass is 215 g/mol. The van der Waals surface area contributed by atoms with E-state index in [4.69, 9.17) is 5.26 Å². The molecular weight excluding hydrogens is 198 g/mol. The molecular formula is C13H17N3. The lowest BCUT2D eigenvalue weighted by atomic mass is 10.2. The fourth-order valence-electron chi connectivity index (χ4n) is 1.85. The maximum absolute atomic E-state index is 8.70. The van der Waals surface area contributed by atoms with Crippen molar-refractivity contribution in [2.45, 2.75) is 26.2 Å².